The van der Waals surface area contributed by atoms with Crippen molar-refractivity contribution >= 4 is 29.0 Å². The lowest BCUT2D eigenvalue weighted by Crippen LogP contribution is -2.53. The average Bonchev–Trinajstić information content (AvgIpc) is 2.78. The number of alkyl halides is 3. The van der Waals surface area contributed by atoms with E-state index in [1.54, 1.807) is 18.2 Å². The second kappa shape index (κ2) is 9.03. The molecule has 0 saturated carbocycles. The summed E-state index contributed by atoms with van der Waals surface area (Å²) < 4.78 is 49.5. The maximum atomic E-state index is 12.8. The quantitative estimate of drug-likeness (QED) is 0.735. The molecular formula is C21H22ClF3N4O3. The smallest absolute Gasteiger partial charge is 0.417 e. The number of aromatic nitrogens is 1. The van der Waals surface area contributed by atoms with Crippen molar-refractivity contribution in [2.75, 3.05) is 49.6 Å². The minimum Gasteiger partial charge on any atom is -0.486 e. The molecule has 1 aromatic heterocycles. The number of benzene rings is 1. The van der Waals surface area contributed by atoms with Gasteiger partial charge in [-0.1, -0.05) is 11.6 Å². The van der Waals surface area contributed by atoms with E-state index in [4.69, 9.17) is 21.1 Å². The number of ether oxygens (including phenoxy) is 2. The van der Waals surface area contributed by atoms with Crippen LogP contribution in [-0.2, 0) is 11.0 Å². The number of pyridine rings is 1. The van der Waals surface area contributed by atoms with Crippen molar-refractivity contribution < 1.29 is 27.4 Å². The lowest BCUT2D eigenvalue weighted by molar-refractivity contribution is -0.137. The molecule has 0 radical (unpaired) electrons. The summed E-state index contributed by atoms with van der Waals surface area (Å²) in [6.07, 6.45) is -3.70. The van der Waals surface area contributed by atoms with Gasteiger partial charge in [-0.05, 0) is 25.1 Å². The van der Waals surface area contributed by atoms with E-state index in [0.717, 1.165) is 12.3 Å². The third kappa shape index (κ3) is 4.86. The van der Waals surface area contributed by atoms with E-state index in [1.165, 1.54) is 0 Å². The lowest BCUT2D eigenvalue weighted by Gasteiger charge is -2.38. The first-order valence-corrected chi connectivity index (χ1v) is 10.5. The molecular weight excluding hydrogens is 449 g/mol. The number of carbonyl (C=O) groups excluding carboxylic acids is 1. The molecule has 1 saturated heterocycles. The van der Waals surface area contributed by atoms with Crippen LogP contribution in [0.4, 0.5) is 24.7 Å². The number of hydrogen-bond acceptors (Lipinski definition) is 6. The molecule has 7 nitrogen and oxygen atoms in total. The van der Waals surface area contributed by atoms with E-state index >= 15 is 0 Å². The number of nitrogens with zero attached hydrogens (tertiary/aromatic N) is 3. The van der Waals surface area contributed by atoms with Gasteiger partial charge in [-0.25, -0.2) is 4.98 Å². The molecule has 0 bridgehead atoms. The maximum absolute atomic E-state index is 12.8. The molecule has 1 atom stereocenters. The third-order valence-electron chi connectivity index (χ3n) is 5.50. The molecule has 11 heteroatoms. The van der Waals surface area contributed by atoms with E-state index in [1.807, 2.05) is 16.7 Å². The minimum atomic E-state index is -4.49. The van der Waals surface area contributed by atoms with Crippen LogP contribution in [0.15, 0.2) is 30.5 Å². The number of nitrogens with one attached hydrogen (secondary N) is 1. The van der Waals surface area contributed by atoms with Crippen molar-refractivity contribution in [1.82, 2.24) is 9.88 Å². The largest absolute Gasteiger partial charge is 0.486 e. The predicted molar refractivity (Wildman–Crippen MR) is 114 cm³/mol. The predicted octanol–water partition coefficient (Wildman–Crippen LogP) is 3.67. The number of anilines is 2. The zero-order chi connectivity index (χ0) is 22.9. The highest BCUT2D eigenvalue weighted by Gasteiger charge is 2.33. The number of fused-ring (bicyclic) bond motifs is 1. The standard InChI is InChI=1S/C21H22ClF3N4O3/c1-13(20(30)27-15-2-3-17-18(11-15)32-9-8-31-17)28-4-6-29(7-5-28)19-16(22)10-14(12-26-19)21(23,24)25/h2-3,10-13H,4-9H2,1H3,(H,27,30)/t13-/m0/s1. The van der Waals surface area contributed by atoms with Crippen LogP contribution < -0.4 is 19.7 Å². The molecule has 0 spiro atoms. The molecule has 2 aromatic rings. The Morgan fingerprint density at radius 2 is 1.81 bits per heavy atom. The minimum absolute atomic E-state index is 0.0438. The van der Waals surface area contributed by atoms with Gasteiger partial charge in [0.25, 0.3) is 0 Å². The highest BCUT2D eigenvalue weighted by Crippen LogP contribution is 2.34. The normalized spacial score (nSPS) is 17.7. The molecule has 172 valence electrons. The fraction of sp³-hybridized carbons (Fsp3) is 0.429. The van der Waals surface area contributed by atoms with Gasteiger partial charge in [-0.2, -0.15) is 13.2 Å². The van der Waals surface area contributed by atoms with E-state index in [0.29, 0.717) is 62.4 Å². The highest BCUT2D eigenvalue weighted by molar-refractivity contribution is 6.33. The number of halogens is 4. The molecule has 2 aliphatic heterocycles. The van der Waals surface area contributed by atoms with Gasteiger partial charge in [0.1, 0.15) is 19.0 Å². The van der Waals surface area contributed by atoms with Gasteiger partial charge in [0.2, 0.25) is 5.91 Å². The first kappa shape index (κ1) is 22.5. The number of carbonyl (C=O) groups is 1. The molecule has 0 aliphatic carbocycles. The third-order valence-corrected chi connectivity index (χ3v) is 5.78. The molecule has 1 fully saturated rings. The topological polar surface area (TPSA) is 66.9 Å². The summed E-state index contributed by atoms with van der Waals surface area (Å²) >= 11 is 6.06. The van der Waals surface area contributed by atoms with Gasteiger partial charge in [0.15, 0.2) is 11.5 Å². The summed E-state index contributed by atoms with van der Waals surface area (Å²) in [6, 6.07) is 5.74. The Hall–Kier alpha value is -2.72. The zero-order valence-corrected chi connectivity index (χ0v) is 18.0. The second-order valence-corrected chi connectivity index (χ2v) is 7.98. The molecule has 2 aliphatic rings. The molecule has 0 unspecified atom stereocenters. The monoisotopic (exact) mass is 470 g/mol. The summed E-state index contributed by atoms with van der Waals surface area (Å²) in [4.78, 5) is 20.5. The Kier molecular flexibility index (Phi) is 6.34. The first-order chi connectivity index (χ1) is 15.2. The van der Waals surface area contributed by atoms with Crippen LogP contribution in [0, 0.1) is 0 Å². The van der Waals surface area contributed by atoms with Crippen molar-refractivity contribution in [3.8, 4) is 11.5 Å². The van der Waals surface area contributed by atoms with Crippen molar-refractivity contribution in [2.45, 2.75) is 19.1 Å². The number of rotatable bonds is 4. The maximum Gasteiger partial charge on any atom is 0.417 e. The zero-order valence-electron chi connectivity index (χ0n) is 17.3. The first-order valence-electron chi connectivity index (χ1n) is 10.1. The second-order valence-electron chi connectivity index (χ2n) is 7.57. The Morgan fingerprint density at radius 3 is 2.47 bits per heavy atom. The van der Waals surface area contributed by atoms with Crippen LogP contribution in [0.1, 0.15) is 12.5 Å². The molecule has 3 heterocycles. The van der Waals surface area contributed by atoms with Crippen molar-refractivity contribution in [3.05, 3.63) is 41.0 Å². The van der Waals surface area contributed by atoms with E-state index in [-0.39, 0.29) is 10.9 Å². The van der Waals surface area contributed by atoms with Crippen molar-refractivity contribution in [3.63, 3.8) is 0 Å². The number of amides is 1. The van der Waals surface area contributed by atoms with Crippen molar-refractivity contribution in [2.24, 2.45) is 0 Å². The summed E-state index contributed by atoms with van der Waals surface area (Å²) in [5.41, 5.74) is -0.264. The van der Waals surface area contributed by atoms with Crippen LogP contribution in [0.25, 0.3) is 0 Å². The summed E-state index contributed by atoms with van der Waals surface area (Å²) in [6.45, 7) is 4.81. The van der Waals surface area contributed by atoms with Crippen LogP contribution >= 0.6 is 11.6 Å². The number of piperazine rings is 1. The molecule has 1 amide bonds. The molecule has 4 rings (SSSR count). The number of hydrogen-bond donors (Lipinski definition) is 1. The van der Waals surface area contributed by atoms with Crippen LogP contribution in [0.3, 0.4) is 0 Å². The SMILES string of the molecule is C[C@@H](C(=O)Nc1ccc2c(c1)OCCO2)N1CCN(c2ncc(C(F)(F)F)cc2Cl)CC1. The van der Waals surface area contributed by atoms with Gasteiger partial charge in [0, 0.05) is 44.1 Å². The Balaban J connectivity index is 1.34. The fourth-order valence-corrected chi connectivity index (χ4v) is 3.96. The summed E-state index contributed by atoms with van der Waals surface area (Å²) in [7, 11) is 0. The van der Waals surface area contributed by atoms with Crippen LogP contribution in [0.5, 0.6) is 11.5 Å². The van der Waals surface area contributed by atoms with E-state index in [2.05, 4.69) is 10.3 Å². The van der Waals surface area contributed by atoms with Crippen LogP contribution in [0.2, 0.25) is 5.02 Å². The van der Waals surface area contributed by atoms with Crippen molar-refractivity contribution in [1.29, 1.82) is 0 Å². The highest BCUT2D eigenvalue weighted by atomic mass is 35.5. The van der Waals surface area contributed by atoms with Crippen LogP contribution in [-0.4, -0.2) is 61.2 Å². The van der Waals surface area contributed by atoms with Gasteiger partial charge in [-0.3, -0.25) is 9.69 Å². The van der Waals surface area contributed by atoms with Gasteiger partial charge < -0.3 is 19.7 Å². The average molecular weight is 471 g/mol. The lowest BCUT2D eigenvalue weighted by atomic mass is 10.2. The van der Waals surface area contributed by atoms with Gasteiger partial charge >= 0.3 is 6.18 Å². The summed E-state index contributed by atoms with van der Waals surface area (Å²) in [5, 5.41) is 2.85. The van der Waals surface area contributed by atoms with Gasteiger partial charge in [0.05, 0.1) is 16.6 Å². The Labute approximate surface area is 188 Å². The van der Waals surface area contributed by atoms with E-state index < -0.39 is 17.8 Å². The van der Waals surface area contributed by atoms with Gasteiger partial charge in [-0.15, -0.1) is 0 Å². The fourth-order valence-electron chi connectivity index (χ4n) is 3.67. The molecule has 1 aromatic carbocycles. The van der Waals surface area contributed by atoms with E-state index in [9.17, 15) is 18.0 Å². The molecule has 32 heavy (non-hydrogen) atoms. The summed E-state index contributed by atoms with van der Waals surface area (Å²) in [5.74, 6) is 1.39. The Morgan fingerprint density at radius 1 is 1.12 bits per heavy atom. The molecule has 1 N–H and O–H groups in total. The Bertz CT molecular complexity index is 997.